The average molecular weight is 359 g/mol. The molecule has 1 aromatic carbocycles. The predicted molar refractivity (Wildman–Crippen MR) is 87.8 cm³/mol. The molecule has 2 N–H and O–H groups in total. The molecule has 2 amide bonds. The lowest BCUT2D eigenvalue weighted by Crippen LogP contribution is -2.38. The van der Waals surface area contributed by atoms with Crippen LogP contribution < -0.4 is 10.6 Å². The van der Waals surface area contributed by atoms with Gasteiger partial charge in [0, 0.05) is 18.0 Å². The number of sulfone groups is 1. The summed E-state index contributed by atoms with van der Waals surface area (Å²) in [5, 5.41) is 5.95. The molecule has 2 atom stereocenters. The van der Waals surface area contributed by atoms with E-state index in [1.807, 2.05) is 0 Å². The highest BCUT2D eigenvalue weighted by Crippen LogP contribution is 2.21. The maximum atomic E-state index is 12.2. The van der Waals surface area contributed by atoms with Crippen LogP contribution >= 0.6 is 11.6 Å². The Morgan fingerprint density at radius 2 is 2.13 bits per heavy atom. The van der Waals surface area contributed by atoms with Crippen molar-refractivity contribution in [1.29, 1.82) is 0 Å². The number of hydrogen-bond donors (Lipinski definition) is 2. The Morgan fingerprint density at radius 1 is 1.39 bits per heavy atom. The molecule has 0 aliphatic carbocycles. The zero-order chi connectivity index (χ0) is 17.0. The van der Waals surface area contributed by atoms with Crippen molar-refractivity contribution in [2.45, 2.75) is 31.8 Å². The number of carbonyl (C=O) groups is 2. The summed E-state index contributed by atoms with van der Waals surface area (Å²) in [6.07, 6.45) is 0.451. The van der Waals surface area contributed by atoms with Gasteiger partial charge >= 0.3 is 0 Å². The summed E-state index contributed by atoms with van der Waals surface area (Å²) in [5.74, 6) is -0.487. The number of hydrogen-bond acceptors (Lipinski definition) is 4. The summed E-state index contributed by atoms with van der Waals surface area (Å²) in [6, 6.07) is 6.05. The highest BCUT2D eigenvalue weighted by Gasteiger charge is 2.29. The summed E-state index contributed by atoms with van der Waals surface area (Å²) < 4.78 is 22.9. The summed E-state index contributed by atoms with van der Waals surface area (Å²) in [7, 11) is -3.05. The van der Waals surface area contributed by atoms with Gasteiger partial charge in [-0.25, -0.2) is 8.42 Å². The van der Waals surface area contributed by atoms with Crippen molar-refractivity contribution in [3.05, 3.63) is 34.9 Å². The van der Waals surface area contributed by atoms with Crippen molar-refractivity contribution in [2.75, 3.05) is 11.5 Å². The van der Waals surface area contributed by atoms with E-state index in [4.69, 9.17) is 11.6 Å². The number of nitrogens with one attached hydrogen (secondary N) is 2. The Balaban J connectivity index is 2.03. The van der Waals surface area contributed by atoms with Crippen LogP contribution in [0.1, 0.15) is 31.4 Å². The van der Waals surface area contributed by atoms with Gasteiger partial charge in [0.15, 0.2) is 9.84 Å². The lowest BCUT2D eigenvalue weighted by Gasteiger charge is -2.19. The zero-order valence-electron chi connectivity index (χ0n) is 12.7. The van der Waals surface area contributed by atoms with Gasteiger partial charge in [-0.05, 0) is 24.1 Å². The van der Waals surface area contributed by atoms with Crippen LogP contribution in [-0.2, 0) is 19.4 Å². The number of halogens is 1. The maximum Gasteiger partial charge on any atom is 0.222 e. The number of amides is 2. The van der Waals surface area contributed by atoms with Gasteiger partial charge < -0.3 is 10.6 Å². The lowest BCUT2D eigenvalue weighted by atomic mass is 10.0. The van der Waals surface area contributed by atoms with E-state index < -0.39 is 15.9 Å². The van der Waals surface area contributed by atoms with Crippen LogP contribution in [0.4, 0.5) is 0 Å². The van der Waals surface area contributed by atoms with Crippen molar-refractivity contribution in [3.8, 4) is 0 Å². The van der Waals surface area contributed by atoms with E-state index in [1.165, 1.54) is 6.92 Å². The Kier molecular flexibility index (Phi) is 5.64. The minimum Gasteiger partial charge on any atom is -0.352 e. The molecule has 2 unspecified atom stereocenters. The van der Waals surface area contributed by atoms with Gasteiger partial charge in [-0.2, -0.15) is 0 Å². The third-order valence-electron chi connectivity index (χ3n) is 3.62. The molecule has 1 aliphatic rings. The van der Waals surface area contributed by atoms with E-state index in [0.29, 0.717) is 11.4 Å². The second kappa shape index (κ2) is 7.31. The molecule has 1 aromatic rings. The van der Waals surface area contributed by atoms with Crippen molar-refractivity contribution in [3.63, 3.8) is 0 Å². The first-order chi connectivity index (χ1) is 10.7. The van der Waals surface area contributed by atoms with E-state index in [-0.39, 0.29) is 35.8 Å². The molecule has 0 bridgehead atoms. The molecule has 0 radical (unpaired) electrons. The molecule has 8 heteroatoms. The van der Waals surface area contributed by atoms with Crippen molar-refractivity contribution in [2.24, 2.45) is 0 Å². The van der Waals surface area contributed by atoms with E-state index in [0.717, 1.165) is 5.56 Å². The van der Waals surface area contributed by atoms with E-state index in [1.54, 1.807) is 24.3 Å². The van der Waals surface area contributed by atoms with Crippen LogP contribution in [0, 0.1) is 0 Å². The summed E-state index contributed by atoms with van der Waals surface area (Å²) in [6.45, 7) is 1.37. The molecule has 0 saturated carbocycles. The second-order valence-corrected chi connectivity index (χ2v) is 8.34. The van der Waals surface area contributed by atoms with Crippen molar-refractivity contribution < 1.29 is 18.0 Å². The van der Waals surface area contributed by atoms with E-state index >= 15 is 0 Å². The van der Waals surface area contributed by atoms with Crippen LogP contribution in [0.2, 0.25) is 5.02 Å². The zero-order valence-corrected chi connectivity index (χ0v) is 14.3. The standard InChI is InChI=1S/C15H19ClN2O4S/c1-10(19)17-14(11-3-2-4-12(16)7-11)8-15(20)18-13-5-6-23(21,22)9-13/h2-4,7,13-14H,5-6,8-9H2,1H3,(H,17,19)(H,18,20). The minimum absolute atomic E-state index is 0.0243. The van der Waals surface area contributed by atoms with Crippen LogP contribution in [0.5, 0.6) is 0 Å². The van der Waals surface area contributed by atoms with Crippen LogP contribution in [0.25, 0.3) is 0 Å². The quantitative estimate of drug-likeness (QED) is 0.827. The van der Waals surface area contributed by atoms with Gasteiger partial charge in [0.2, 0.25) is 11.8 Å². The molecular formula is C15H19ClN2O4S. The van der Waals surface area contributed by atoms with E-state index in [9.17, 15) is 18.0 Å². The number of carbonyl (C=O) groups excluding carboxylic acids is 2. The van der Waals surface area contributed by atoms with Gasteiger partial charge in [0.05, 0.1) is 24.0 Å². The van der Waals surface area contributed by atoms with Crippen molar-refractivity contribution >= 4 is 33.3 Å². The molecule has 1 aliphatic heterocycles. The third kappa shape index (κ3) is 5.51. The Labute approximate surface area is 140 Å². The highest BCUT2D eigenvalue weighted by atomic mass is 35.5. The highest BCUT2D eigenvalue weighted by molar-refractivity contribution is 7.91. The first-order valence-corrected chi connectivity index (χ1v) is 9.47. The molecule has 2 rings (SSSR count). The van der Waals surface area contributed by atoms with Gasteiger partial charge in [-0.1, -0.05) is 23.7 Å². The fourth-order valence-electron chi connectivity index (χ4n) is 2.60. The molecule has 126 valence electrons. The molecule has 0 aromatic heterocycles. The Morgan fingerprint density at radius 3 is 2.70 bits per heavy atom. The monoisotopic (exact) mass is 358 g/mol. The smallest absolute Gasteiger partial charge is 0.222 e. The molecule has 0 spiro atoms. The third-order valence-corrected chi connectivity index (χ3v) is 5.62. The predicted octanol–water partition coefficient (Wildman–Crippen LogP) is 1.21. The topological polar surface area (TPSA) is 92.3 Å². The average Bonchev–Trinajstić information content (AvgIpc) is 2.76. The first kappa shape index (κ1) is 17.7. The number of rotatable bonds is 5. The van der Waals surface area contributed by atoms with E-state index in [2.05, 4.69) is 10.6 Å². The number of benzene rings is 1. The van der Waals surface area contributed by atoms with Gasteiger partial charge in [-0.3, -0.25) is 9.59 Å². The minimum atomic E-state index is -3.05. The first-order valence-electron chi connectivity index (χ1n) is 7.27. The molecule has 1 fully saturated rings. The summed E-state index contributed by atoms with van der Waals surface area (Å²) in [4.78, 5) is 23.5. The molecule has 1 heterocycles. The Bertz CT molecular complexity index is 705. The van der Waals surface area contributed by atoms with Crippen LogP contribution in [0.3, 0.4) is 0 Å². The fourth-order valence-corrected chi connectivity index (χ4v) is 4.47. The lowest BCUT2D eigenvalue weighted by molar-refractivity contribution is -0.123. The molecule has 6 nitrogen and oxygen atoms in total. The molecular weight excluding hydrogens is 340 g/mol. The van der Waals surface area contributed by atoms with Crippen LogP contribution in [-0.4, -0.2) is 37.8 Å². The normalized spacial score (nSPS) is 20.7. The largest absolute Gasteiger partial charge is 0.352 e. The summed E-state index contributed by atoms with van der Waals surface area (Å²) in [5.41, 5.74) is 0.724. The maximum absolute atomic E-state index is 12.2. The fraction of sp³-hybridized carbons (Fsp3) is 0.467. The molecule has 1 saturated heterocycles. The van der Waals surface area contributed by atoms with Gasteiger partial charge in [-0.15, -0.1) is 0 Å². The summed E-state index contributed by atoms with van der Waals surface area (Å²) >= 11 is 5.95. The molecule has 23 heavy (non-hydrogen) atoms. The van der Waals surface area contributed by atoms with Crippen LogP contribution in [0.15, 0.2) is 24.3 Å². The van der Waals surface area contributed by atoms with Gasteiger partial charge in [0.1, 0.15) is 0 Å². The Hall–Kier alpha value is -1.60. The van der Waals surface area contributed by atoms with Gasteiger partial charge in [0.25, 0.3) is 0 Å². The second-order valence-electron chi connectivity index (χ2n) is 5.68. The van der Waals surface area contributed by atoms with Crippen molar-refractivity contribution in [1.82, 2.24) is 10.6 Å². The SMILES string of the molecule is CC(=O)NC(CC(=O)NC1CCS(=O)(=O)C1)c1cccc(Cl)c1.